The molecule has 0 bridgehead atoms. The number of carbonyl (C=O) groups excluding carboxylic acids is 1. The molecule has 0 fully saturated rings. The first kappa shape index (κ1) is 17.5. The minimum atomic E-state index is -0.121. The van der Waals surface area contributed by atoms with E-state index in [4.69, 9.17) is 4.74 Å². The van der Waals surface area contributed by atoms with Crippen LogP contribution in [0.1, 0.15) is 19.4 Å². The van der Waals surface area contributed by atoms with E-state index in [0.717, 1.165) is 18.1 Å². The van der Waals surface area contributed by atoms with Gasteiger partial charge in [-0.2, -0.15) is 0 Å². The highest BCUT2D eigenvalue weighted by Gasteiger charge is 2.12. The third-order valence-corrected chi connectivity index (χ3v) is 2.94. The maximum absolute atomic E-state index is 11.2. The zero-order valence-electron chi connectivity index (χ0n) is 12.4. The Bertz CT molecular complexity index is 534. The Morgan fingerprint density at radius 2 is 2.29 bits per heavy atom. The highest BCUT2D eigenvalue weighted by atomic mass is 127. The van der Waals surface area contributed by atoms with Crippen molar-refractivity contribution in [1.82, 2.24) is 10.6 Å². The van der Waals surface area contributed by atoms with E-state index in [9.17, 15) is 4.79 Å². The van der Waals surface area contributed by atoms with Gasteiger partial charge in [0.1, 0.15) is 5.75 Å². The molecule has 7 heteroatoms. The fourth-order valence-electron chi connectivity index (χ4n) is 2.00. The Hall–Kier alpha value is -1.51. The number of aliphatic imine (C=N–C) groups is 1. The molecule has 1 atom stereocenters. The van der Waals surface area contributed by atoms with Gasteiger partial charge in [0.25, 0.3) is 0 Å². The van der Waals surface area contributed by atoms with Crippen LogP contribution in [-0.2, 0) is 11.3 Å². The topological polar surface area (TPSA) is 74.8 Å². The van der Waals surface area contributed by atoms with Gasteiger partial charge in [-0.1, -0.05) is 6.07 Å². The summed E-state index contributed by atoms with van der Waals surface area (Å²) in [6.07, 6.45) is 0. The second-order valence-electron chi connectivity index (χ2n) is 4.80. The summed E-state index contributed by atoms with van der Waals surface area (Å²) in [5, 5.41) is 9.23. The zero-order valence-corrected chi connectivity index (χ0v) is 14.7. The van der Waals surface area contributed by atoms with Gasteiger partial charge in [-0.3, -0.25) is 9.79 Å². The number of carbonyl (C=O) groups is 1. The van der Waals surface area contributed by atoms with Gasteiger partial charge in [0, 0.05) is 19.5 Å². The largest absolute Gasteiger partial charge is 0.495 e. The molecule has 6 nitrogen and oxygen atoms in total. The third-order valence-electron chi connectivity index (χ3n) is 2.94. The van der Waals surface area contributed by atoms with E-state index in [0.29, 0.717) is 24.0 Å². The van der Waals surface area contributed by atoms with Crippen LogP contribution in [0.5, 0.6) is 5.75 Å². The molecule has 3 N–H and O–H groups in total. The zero-order chi connectivity index (χ0) is 14.5. The summed E-state index contributed by atoms with van der Waals surface area (Å²) < 4.78 is 5.22. The Labute approximate surface area is 141 Å². The highest BCUT2D eigenvalue weighted by molar-refractivity contribution is 14.0. The number of anilines is 1. The van der Waals surface area contributed by atoms with Crippen LogP contribution in [0.25, 0.3) is 0 Å². The van der Waals surface area contributed by atoms with Gasteiger partial charge in [0.2, 0.25) is 5.91 Å². The Kier molecular flexibility index (Phi) is 6.73. The van der Waals surface area contributed by atoms with Crippen LogP contribution >= 0.6 is 24.0 Å². The Balaban J connectivity index is 0.00000220. The number of nitrogens with zero attached hydrogens (tertiary/aromatic N) is 1. The lowest BCUT2D eigenvalue weighted by Crippen LogP contribution is -2.37. The van der Waals surface area contributed by atoms with Gasteiger partial charge in [-0.15, -0.1) is 24.0 Å². The minimum absolute atomic E-state index is 0. The van der Waals surface area contributed by atoms with Crippen molar-refractivity contribution in [3.8, 4) is 5.75 Å². The predicted octanol–water partition coefficient (Wildman–Crippen LogP) is 1.71. The summed E-state index contributed by atoms with van der Waals surface area (Å²) in [6.45, 7) is 4.99. The molecule has 0 aromatic heterocycles. The predicted molar refractivity (Wildman–Crippen MR) is 94.5 cm³/mol. The summed E-state index contributed by atoms with van der Waals surface area (Å²) in [7, 11) is 1.58. The number of ether oxygens (including phenoxy) is 1. The van der Waals surface area contributed by atoms with Gasteiger partial charge in [0.15, 0.2) is 5.96 Å². The normalized spacial score (nSPS) is 16.3. The molecule has 1 unspecified atom stereocenters. The van der Waals surface area contributed by atoms with Gasteiger partial charge in [-0.25, -0.2) is 0 Å². The number of nitrogens with one attached hydrogen (secondary N) is 3. The van der Waals surface area contributed by atoms with Crippen molar-refractivity contribution in [2.75, 3.05) is 19.0 Å². The molecular weight excluding hydrogens is 383 g/mol. The summed E-state index contributed by atoms with van der Waals surface area (Å²) >= 11 is 0. The number of halogens is 1. The standard InChI is InChI=1S/C14H20N4O2.HI/c1-9-7-15-14(17-9)16-8-11-4-5-13(20-3)12(6-11)18-10(2)19;/h4-6,9H,7-8H2,1-3H3,(H,18,19)(H2,15,16,17);1H. The molecule has 1 aliphatic heterocycles. The molecule has 0 saturated carbocycles. The van der Waals surface area contributed by atoms with Gasteiger partial charge >= 0.3 is 0 Å². The lowest BCUT2D eigenvalue weighted by Gasteiger charge is -2.12. The molecule has 1 heterocycles. The van der Waals surface area contributed by atoms with Crippen LogP contribution in [-0.4, -0.2) is 31.6 Å². The van der Waals surface area contributed by atoms with Crippen LogP contribution in [0.2, 0.25) is 0 Å². The van der Waals surface area contributed by atoms with Crippen molar-refractivity contribution in [3.05, 3.63) is 23.8 Å². The third kappa shape index (κ3) is 5.07. The smallest absolute Gasteiger partial charge is 0.221 e. The second-order valence-corrected chi connectivity index (χ2v) is 4.80. The molecule has 1 amide bonds. The van der Waals surface area contributed by atoms with Crippen LogP contribution in [0.4, 0.5) is 5.69 Å². The Morgan fingerprint density at radius 1 is 1.52 bits per heavy atom. The Morgan fingerprint density at radius 3 is 2.86 bits per heavy atom. The summed E-state index contributed by atoms with van der Waals surface area (Å²) in [5.41, 5.74) is 1.72. The van der Waals surface area contributed by atoms with Crippen molar-refractivity contribution in [3.63, 3.8) is 0 Å². The summed E-state index contributed by atoms with van der Waals surface area (Å²) in [5.74, 6) is 1.34. The van der Waals surface area contributed by atoms with E-state index in [1.165, 1.54) is 6.92 Å². The number of hydrogen-bond acceptors (Lipinski definition) is 5. The number of rotatable bonds is 4. The van der Waals surface area contributed by atoms with E-state index in [1.54, 1.807) is 7.11 Å². The molecule has 0 saturated heterocycles. The lowest BCUT2D eigenvalue weighted by molar-refractivity contribution is -0.114. The van der Waals surface area contributed by atoms with Crippen molar-refractivity contribution in [2.24, 2.45) is 4.99 Å². The number of hydrogen-bond donors (Lipinski definition) is 3. The van der Waals surface area contributed by atoms with Gasteiger partial charge < -0.3 is 20.7 Å². The molecule has 116 valence electrons. The maximum Gasteiger partial charge on any atom is 0.221 e. The first-order valence-corrected chi connectivity index (χ1v) is 6.58. The quantitative estimate of drug-likeness (QED) is 0.669. The van der Waals surface area contributed by atoms with Crippen LogP contribution < -0.4 is 20.7 Å². The highest BCUT2D eigenvalue weighted by Crippen LogP contribution is 2.25. The number of guanidine groups is 1. The molecule has 0 spiro atoms. The molecule has 0 aliphatic carbocycles. The summed E-state index contributed by atoms with van der Waals surface area (Å²) in [4.78, 5) is 15.5. The van der Waals surface area contributed by atoms with Crippen molar-refractivity contribution < 1.29 is 9.53 Å². The van der Waals surface area contributed by atoms with E-state index in [-0.39, 0.29) is 29.9 Å². The SMILES string of the molecule is COc1ccc(CNC2=NCC(C)N2)cc1NC(C)=O.I. The van der Waals surface area contributed by atoms with Gasteiger partial charge in [-0.05, 0) is 24.6 Å². The molecule has 2 rings (SSSR count). The fourth-order valence-corrected chi connectivity index (χ4v) is 2.00. The van der Waals surface area contributed by atoms with Crippen molar-refractivity contribution in [1.29, 1.82) is 0 Å². The van der Waals surface area contributed by atoms with E-state index >= 15 is 0 Å². The molecule has 1 aliphatic rings. The van der Waals surface area contributed by atoms with Crippen LogP contribution in [0.15, 0.2) is 23.2 Å². The minimum Gasteiger partial charge on any atom is -0.495 e. The molecule has 1 aromatic rings. The van der Waals surface area contributed by atoms with Crippen molar-refractivity contribution >= 4 is 41.5 Å². The second kappa shape index (κ2) is 8.06. The van der Waals surface area contributed by atoms with Crippen LogP contribution in [0, 0.1) is 0 Å². The van der Waals surface area contributed by atoms with Crippen LogP contribution in [0.3, 0.4) is 0 Å². The summed E-state index contributed by atoms with van der Waals surface area (Å²) in [6, 6.07) is 6.07. The molecule has 0 radical (unpaired) electrons. The lowest BCUT2D eigenvalue weighted by atomic mass is 10.2. The first-order valence-electron chi connectivity index (χ1n) is 6.58. The fraction of sp³-hybridized carbons (Fsp3) is 0.429. The van der Waals surface area contributed by atoms with Crippen molar-refractivity contribution in [2.45, 2.75) is 26.4 Å². The van der Waals surface area contributed by atoms with E-state index in [1.807, 2.05) is 18.2 Å². The van der Waals surface area contributed by atoms with Gasteiger partial charge in [0.05, 0.1) is 19.3 Å². The average molecular weight is 404 g/mol. The number of methoxy groups -OCH3 is 1. The average Bonchev–Trinajstić information content (AvgIpc) is 2.82. The maximum atomic E-state index is 11.2. The molecular formula is C14H21IN4O2. The first-order chi connectivity index (χ1) is 9.58. The number of amides is 1. The molecule has 21 heavy (non-hydrogen) atoms. The molecule has 1 aromatic carbocycles. The van der Waals surface area contributed by atoms with E-state index < -0.39 is 0 Å². The van der Waals surface area contributed by atoms with E-state index in [2.05, 4.69) is 27.9 Å². The monoisotopic (exact) mass is 404 g/mol. The number of benzene rings is 1.